The van der Waals surface area contributed by atoms with Gasteiger partial charge in [-0.15, -0.1) is 0 Å². The number of hydrogen-bond acceptors (Lipinski definition) is 2. The maximum Gasteiger partial charge on any atom is 0.107 e. The topological polar surface area (TPSA) is 24.4 Å². The van der Waals surface area contributed by atoms with Gasteiger partial charge in [0.25, 0.3) is 0 Å². The van der Waals surface area contributed by atoms with Gasteiger partial charge in [0.2, 0.25) is 0 Å². The first-order valence-electron chi connectivity index (χ1n) is 5.19. The number of fused-ring (bicyclic) bond motifs is 1. The number of anilines is 1. The van der Waals surface area contributed by atoms with Crippen molar-refractivity contribution in [3.8, 4) is 0 Å². The molecule has 0 aromatic heterocycles. The standard InChI is InChI=1S/C12H16N2/c1-3-9(2)10-4-5-11-7-13-8-14-12(11)6-10/h4-7,9,14H,3,8H2,1-2H3. The van der Waals surface area contributed by atoms with Crippen LogP contribution in [0.25, 0.3) is 0 Å². The van der Waals surface area contributed by atoms with Crippen LogP contribution in [0.4, 0.5) is 5.69 Å². The van der Waals surface area contributed by atoms with E-state index < -0.39 is 0 Å². The molecule has 0 fully saturated rings. The Balaban J connectivity index is 2.34. The lowest BCUT2D eigenvalue weighted by Crippen LogP contribution is -2.08. The van der Waals surface area contributed by atoms with E-state index in [9.17, 15) is 0 Å². The van der Waals surface area contributed by atoms with Gasteiger partial charge in [0.05, 0.1) is 0 Å². The number of rotatable bonds is 2. The molecule has 0 amide bonds. The molecule has 1 aromatic carbocycles. The zero-order chi connectivity index (χ0) is 9.97. The van der Waals surface area contributed by atoms with Gasteiger partial charge in [0, 0.05) is 17.5 Å². The molecular weight excluding hydrogens is 172 g/mol. The predicted molar refractivity (Wildman–Crippen MR) is 61.2 cm³/mol. The molecule has 0 saturated carbocycles. The Hall–Kier alpha value is -1.31. The van der Waals surface area contributed by atoms with Crippen molar-refractivity contribution in [1.29, 1.82) is 0 Å². The summed E-state index contributed by atoms with van der Waals surface area (Å²) in [6.07, 6.45) is 3.12. The van der Waals surface area contributed by atoms with Gasteiger partial charge in [-0.3, -0.25) is 4.99 Å². The molecule has 0 saturated heterocycles. The van der Waals surface area contributed by atoms with Crippen LogP contribution in [-0.4, -0.2) is 12.9 Å². The van der Waals surface area contributed by atoms with Crippen LogP contribution in [0.2, 0.25) is 0 Å². The van der Waals surface area contributed by atoms with E-state index in [0.29, 0.717) is 12.6 Å². The highest BCUT2D eigenvalue weighted by Crippen LogP contribution is 2.25. The lowest BCUT2D eigenvalue weighted by atomic mass is 9.96. The second kappa shape index (κ2) is 3.82. The number of hydrogen-bond donors (Lipinski definition) is 1. The van der Waals surface area contributed by atoms with Crippen molar-refractivity contribution in [2.45, 2.75) is 26.2 Å². The normalized spacial score (nSPS) is 15.9. The third-order valence-corrected chi connectivity index (χ3v) is 2.85. The highest BCUT2D eigenvalue weighted by atomic mass is 15.0. The first-order chi connectivity index (χ1) is 6.81. The quantitative estimate of drug-likeness (QED) is 0.758. The smallest absolute Gasteiger partial charge is 0.107 e. The lowest BCUT2D eigenvalue weighted by molar-refractivity contribution is 0.733. The zero-order valence-electron chi connectivity index (χ0n) is 8.75. The van der Waals surface area contributed by atoms with Crippen LogP contribution in [0.3, 0.4) is 0 Å². The van der Waals surface area contributed by atoms with E-state index in [2.05, 4.69) is 42.4 Å². The fraction of sp³-hybridized carbons (Fsp3) is 0.417. The maximum atomic E-state index is 4.18. The summed E-state index contributed by atoms with van der Waals surface area (Å²) in [5.74, 6) is 0.640. The van der Waals surface area contributed by atoms with Gasteiger partial charge in [0.1, 0.15) is 6.67 Å². The van der Waals surface area contributed by atoms with E-state index in [1.54, 1.807) is 0 Å². The maximum absolute atomic E-state index is 4.18. The van der Waals surface area contributed by atoms with Crippen LogP contribution < -0.4 is 5.32 Å². The summed E-state index contributed by atoms with van der Waals surface area (Å²) in [6, 6.07) is 6.59. The summed E-state index contributed by atoms with van der Waals surface area (Å²) in [4.78, 5) is 4.18. The van der Waals surface area contributed by atoms with Crippen LogP contribution >= 0.6 is 0 Å². The lowest BCUT2D eigenvalue weighted by Gasteiger charge is -2.16. The molecule has 2 rings (SSSR count). The summed E-state index contributed by atoms with van der Waals surface area (Å²) in [5.41, 5.74) is 3.83. The zero-order valence-corrected chi connectivity index (χ0v) is 8.75. The minimum Gasteiger partial charge on any atom is -0.366 e. The van der Waals surface area contributed by atoms with Gasteiger partial charge in [-0.05, 0) is 24.0 Å². The van der Waals surface area contributed by atoms with Crippen molar-refractivity contribution >= 4 is 11.9 Å². The Kier molecular flexibility index (Phi) is 2.53. The molecule has 1 unspecified atom stereocenters. The molecule has 1 aliphatic heterocycles. The monoisotopic (exact) mass is 188 g/mol. The van der Waals surface area contributed by atoms with Crippen molar-refractivity contribution in [1.82, 2.24) is 0 Å². The minimum atomic E-state index is 0.640. The van der Waals surface area contributed by atoms with Gasteiger partial charge in [-0.2, -0.15) is 0 Å². The van der Waals surface area contributed by atoms with Crippen LogP contribution in [-0.2, 0) is 0 Å². The van der Waals surface area contributed by atoms with Crippen LogP contribution in [0.5, 0.6) is 0 Å². The summed E-state index contributed by atoms with van der Waals surface area (Å²) in [7, 11) is 0. The summed E-state index contributed by atoms with van der Waals surface area (Å²) < 4.78 is 0. The van der Waals surface area contributed by atoms with Gasteiger partial charge < -0.3 is 5.32 Å². The molecule has 1 aliphatic rings. The third-order valence-electron chi connectivity index (χ3n) is 2.85. The highest BCUT2D eigenvalue weighted by molar-refractivity contribution is 5.89. The molecule has 0 radical (unpaired) electrons. The van der Waals surface area contributed by atoms with E-state index in [1.807, 2.05) is 6.21 Å². The molecule has 1 atom stereocenters. The van der Waals surface area contributed by atoms with Gasteiger partial charge >= 0.3 is 0 Å². The Morgan fingerprint density at radius 2 is 2.36 bits per heavy atom. The van der Waals surface area contributed by atoms with Gasteiger partial charge in [-0.1, -0.05) is 26.0 Å². The fourth-order valence-corrected chi connectivity index (χ4v) is 1.66. The SMILES string of the molecule is CCC(C)c1ccc2c(c1)NCN=C2. The van der Waals surface area contributed by atoms with Gasteiger partial charge in [0.15, 0.2) is 0 Å². The van der Waals surface area contributed by atoms with Gasteiger partial charge in [-0.25, -0.2) is 0 Å². The Bertz CT molecular complexity index is 355. The van der Waals surface area contributed by atoms with Crippen LogP contribution in [0.1, 0.15) is 37.3 Å². The summed E-state index contributed by atoms with van der Waals surface area (Å²) in [6.45, 7) is 5.19. The number of aliphatic imine (C=N–C) groups is 1. The van der Waals surface area contributed by atoms with Crippen LogP contribution in [0.15, 0.2) is 23.2 Å². The first-order valence-corrected chi connectivity index (χ1v) is 5.19. The predicted octanol–water partition coefficient (Wildman–Crippen LogP) is 3.00. The fourth-order valence-electron chi connectivity index (χ4n) is 1.66. The molecule has 74 valence electrons. The molecular formula is C12H16N2. The second-order valence-electron chi connectivity index (χ2n) is 3.80. The average Bonchev–Trinajstić information content (AvgIpc) is 2.27. The van der Waals surface area contributed by atoms with Crippen LogP contribution in [0, 0.1) is 0 Å². The van der Waals surface area contributed by atoms with E-state index >= 15 is 0 Å². The molecule has 0 spiro atoms. The van der Waals surface area contributed by atoms with Crippen molar-refractivity contribution < 1.29 is 0 Å². The largest absolute Gasteiger partial charge is 0.366 e. The molecule has 1 aromatic rings. The minimum absolute atomic E-state index is 0.640. The number of nitrogens with zero attached hydrogens (tertiary/aromatic N) is 1. The second-order valence-corrected chi connectivity index (χ2v) is 3.80. The molecule has 2 nitrogen and oxygen atoms in total. The van der Waals surface area contributed by atoms with Crippen molar-refractivity contribution in [3.05, 3.63) is 29.3 Å². The van der Waals surface area contributed by atoms with Crippen molar-refractivity contribution in [2.24, 2.45) is 4.99 Å². The van der Waals surface area contributed by atoms with E-state index in [-0.39, 0.29) is 0 Å². The highest BCUT2D eigenvalue weighted by Gasteiger charge is 2.08. The molecule has 2 heteroatoms. The Morgan fingerprint density at radius 3 is 3.14 bits per heavy atom. The molecule has 0 bridgehead atoms. The van der Waals surface area contributed by atoms with E-state index in [0.717, 1.165) is 0 Å². The van der Waals surface area contributed by atoms with E-state index in [4.69, 9.17) is 0 Å². The third kappa shape index (κ3) is 1.65. The van der Waals surface area contributed by atoms with E-state index in [1.165, 1.54) is 23.2 Å². The number of benzene rings is 1. The average molecular weight is 188 g/mol. The Morgan fingerprint density at radius 1 is 1.50 bits per heavy atom. The van der Waals surface area contributed by atoms with Crippen molar-refractivity contribution in [2.75, 3.05) is 12.0 Å². The first kappa shape index (κ1) is 9.25. The molecule has 1 N–H and O–H groups in total. The molecule has 0 aliphatic carbocycles. The van der Waals surface area contributed by atoms with Crippen molar-refractivity contribution in [3.63, 3.8) is 0 Å². The summed E-state index contributed by atoms with van der Waals surface area (Å²) in [5, 5.41) is 3.28. The molecule has 1 heterocycles. The molecule has 14 heavy (non-hydrogen) atoms. The Labute approximate surface area is 85.1 Å². The summed E-state index contributed by atoms with van der Waals surface area (Å²) >= 11 is 0. The number of nitrogens with one attached hydrogen (secondary N) is 1.